The molecule has 0 aromatic heterocycles. The van der Waals surface area contributed by atoms with Crippen LogP contribution in [0.15, 0.2) is 109 Å². The van der Waals surface area contributed by atoms with Gasteiger partial charge in [0.2, 0.25) is 6.79 Å². The standard InChI is InChI=1S/C37H32O6/c1-38-26-15-17-30(34(21-26)40-3)36-28-11-7-5-9-24(28)13-19-32(36)42-23-43-33-20-14-25-10-6-8-12-29(25)37(33)31-18-16-27(39-2)22-35(31)41-4/h5-22H,23H2,1-4H3. The third-order valence-electron chi connectivity index (χ3n) is 7.57. The van der Waals surface area contributed by atoms with Gasteiger partial charge in [-0.3, -0.25) is 0 Å². The summed E-state index contributed by atoms with van der Waals surface area (Å²) in [5.74, 6) is 4.14. The summed E-state index contributed by atoms with van der Waals surface area (Å²) in [5, 5.41) is 4.26. The molecule has 0 amide bonds. The van der Waals surface area contributed by atoms with E-state index >= 15 is 0 Å². The quantitative estimate of drug-likeness (QED) is 0.153. The van der Waals surface area contributed by atoms with Gasteiger partial charge in [-0.25, -0.2) is 0 Å². The molecule has 6 heteroatoms. The number of fused-ring (bicyclic) bond motifs is 2. The maximum absolute atomic E-state index is 6.40. The molecule has 0 heterocycles. The Morgan fingerprint density at radius 3 is 1.28 bits per heavy atom. The van der Waals surface area contributed by atoms with Crippen LogP contribution in [0.5, 0.6) is 34.5 Å². The van der Waals surface area contributed by atoms with E-state index in [-0.39, 0.29) is 6.79 Å². The minimum absolute atomic E-state index is 0.0202. The molecule has 0 radical (unpaired) electrons. The second kappa shape index (κ2) is 12.2. The lowest BCUT2D eigenvalue weighted by molar-refractivity contribution is 0.121. The third-order valence-corrected chi connectivity index (χ3v) is 7.57. The Hall–Kier alpha value is -5.36. The van der Waals surface area contributed by atoms with Crippen molar-refractivity contribution in [1.82, 2.24) is 0 Å². The Morgan fingerprint density at radius 1 is 0.419 bits per heavy atom. The summed E-state index contributed by atoms with van der Waals surface area (Å²) in [4.78, 5) is 0. The molecule has 6 aromatic rings. The van der Waals surface area contributed by atoms with Crippen molar-refractivity contribution in [2.24, 2.45) is 0 Å². The maximum Gasteiger partial charge on any atom is 0.230 e. The Bertz CT molecular complexity index is 1770. The largest absolute Gasteiger partial charge is 0.497 e. The van der Waals surface area contributed by atoms with Gasteiger partial charge in [-0.1, -0.05) is 60.7 Å². The monoisotopic (exact) mass is 572 g/mol. The van der Waals surface area contributed by atoms with Crippen molar-refractivity contribution >= 4 is 21.5 Å². The molecule has 0 bridgehead atoms. The molecule has 0 atom stereocenters. The normalized spacial score (nSPS) is 10.9. The summed E-state index contributed by atoms with van der Waals surface area (Å²) in [5.41, 5.74) is 3.61. The Labute approximate surface area is 250 Å². The molecule has 43 heavy (non-hydrogen) atoms. The lowest BCUT2D eigenvalue weighted by atomic mass is 9.96. The molecule has 0 fully saturated rings. The highest BCUT2D eigenvalue weighted by Crippen LogP contribution is 2.45. The summed E-state index contributed by atoms with van der Waals surface area (Å²) < 4.78 is 35.2. The van der Waals surface area contributed by atoms with Gasteiger partial charge in [0.05, 0.1) is 28.4 Å². The molecule has 6 aromatic carbocycles. The van der Waals surface area contributed by atoms with Crippen LogP contribution < -0.4 is 28.4 Å². The average Bonchev–Trinajstić information content (AvgIpc) is 3.07. The van der Waals surface area contributed by atoms with Crippen molar-refractivity contribution in [1.29, 1.82) is 0 Å². The van der Waals surface area contributed by atoms with Crippen LogP contribution in [0, 0.1) is 0 Å². The zero-order valence-corrected chi connectivity index (χ0v) is 24.5. The Kier molecular flexibility index (Phi) is 7.92. The van der Waals surface area contributed by atoms with Crippen LogP contribution in [0.1, 0.15) is 0 Å². The number of methoxy groups -OCH3 is 4. The van der Waals surface area contributed by atoms with E-state index in [9.17, 15) is 0 Å². The van der Waals surface area contributed by atoms with Gasteiger partial charge in [0.1, 0.15) is 34.5 Å². The minimum atomic E-state index is -0.0202. The molecule has 0 N–H and O–H groups in total. The molecule has 6 nitrogen and oxygen atoms in total. The molecule has 0 unspecified atom stereocenters. The van der Waals surface area contributed by atoms with Crippen LogP contribution in [0.3, 0.4) is 0 Å². The van der Waals surface area contributed by atoms with E-state index in [0.29, 0.717) is 34.5 Å². The van der Waals surface area contributed by atoms with E-state index in [4.69, 9.17) is 28.4 Å². The van der Waals surface area contributed by atoms with Gasteiger partial charge >= 0.3 is 0 Å². The number of ether oxygens (including phenoxy) is 6. The number of rotatable bonds is 10. The Morgan fingerprint density at radius 2 is 0.860 bits per heavy atom. The molecule has 0 aliphatic heterocycles. The molecule has 0 saturated heterocycles. The highest BCUT2D eigenvalue weighted by atomic mass is 16.7. The number of hydrogen-bond donors (Lipinski definition) is 0. The second-order valence-electron chi connectivity index (χ2n) is 9.86. The fraction of sp³-hybridized carbons (Fsp3) is 0.135. The molecule has 216 valence electrons. The lowest BCUT2D eigenvalue weighted by Crippen LogP contribution is -2.08. The third kappa shape index (κ3) is 5.35. The summed E-state index contributed by atoms with van der Waals surface area (Å²) in [6, 6.07) is 36.0. The van der Waals surface area contributed by atoms with Gasteiger partial charge in [-0.05, 0) is 57.9 Å². The summed E-state index contributed by atoms with van der Waals surface area (Å²) >= 11 is 0. The lowest BCUT2D eigenvalue weighted by Gasteiger charge is -2.19. The van der Waals surface area contributed by atoms with Crippen molar-refractivity contribution in [2.75, 3.05) is 35.2 Å². The topological polar surface area (TPSA) is 55.4 Å². The zero-order valence-electron chi connectivity index (χ0n) is 24.5. The van der Waals surface area contributed by atoms with Crippen molar-refractivity contribution < 1.29 is 28.4 Å². The highest BCUT2D eigenvalue weighted by molar-refractivity contribution is 6.02. The summed E-state index contributed by atoms with van der Waals surface area (Å²) in [6.45, 7) is -0.0202. The first-order valence-corrected chi connectivity index (χ1v) is 13.9. The first kappa shape index (κ1) is 27.8. The van der Waals surface area contributed by atoms with E-state index in [1.807, 2.05) is 84.9 Å². The van der Waals surface area contributed by atoms with Crippen LogP contribution in [0.25, 0.3) is 43.8 Å². The van der Waals surface area contributed by atoms with Crippen molar-refractivity contribution in [3.8, 4) is 56.8 Å². The first-order valence-electron chi connectivity index (χ1n) is 13.9. The van der Waals surface area contributed by atoms with Gasteiger partial charge in [0.15, 0.2) is 0 Å². The average molecular weight is 573 g/mol. The van der Waals surface area contributed by atoms with Gasteiger partial charge in [-0.15, -0.1) is 0 Å². The molecule has 0 aliphatic carbocycles. The number of benzene rings is 6. The summed E-state index contributed by atoms with van der Waals surface area (Å²) in [7, 11) is 6.59. The number of hydrogen-bond acceptors (Lipinski definition) is 6. The van der Waals surface area contributed by atoms with E-state index < -0.39 is 0 Å². The smallest absolute Gasteiger partial charge is 0.230 e. The predicted octanol–water partition coefficient (Wildman–Crippen LogP) is 8.78. The van der Waals surface area contributed by atoms with Crippen LogP contribution in [0.4, 0.5) is 0 Å². The fourth-order valence-corrected chi connectivity index (χ4v) is 5.47. The van der Waals surface area contributed by atoms with E-state index in [2.05, 4.69) is 24.3 Å². The maximum atomic E-state index is 6.40. The van der Waals surface area contributed by atoms with Crippen LogP contribution in [0.2, 0.25) is 0 Å². The predicted molar refractivity (Wildman–Crippen MR) is 171 cm³/mol. The minimum Gasteiger partial charge on any atom is -0.497 e. The molecule has 0 saturated carbocycles. The zero-order chi connectivity index (χ0) is 29.8. The van der Waals surface area contributed by atoms with Crippen molar-refractivity contribution in [3.05, 3.63) is 109 Å². The SMILES string of the molecule is COc1ccc(-c2c(OCOc3ccc4ccccc4c3-c3ccc(OC)cc3OC)ccc3ccccc23)c(OC)c1. The van der Waals surface area contributed by atoms with E-state index in [1.54, 1.807) is 28.4 Å². The molecule has 0 spiro atoms. The fourth-order valence-electron chi connectivity index (χ4n) is 5.47. The molecule has 0 aliphatic rings. The molecule has 6 rings (SSSR count). The van der Waals surface area contributed by atoms with Gasteiger partial charge < -0.3 is 28.4 Å². The van der Waals surface area contributed by atoms with Gasteiger partial charge in [0.25, 0.3) is 0 Å². The Balaban J connectivity index is 1.40. The highest BCUT2D eigenvalue weighted by Gasteiger charge is 2.19. The van der Waals surface area contributed by atoms with Crippen molar-refractivity contribution in [2.45, 2.75) is 0 Å². The van der Waals surface area contributed by atoms with Crippen LogP contribution in [-0.2, 0) is 0 Å². The van der Waals surface area contributed by atoms with Crippen LogP contribution in [-0.4, -0.2) is 35.2 Å². The van der Waals surface area contributed by atoms with Crippen molar-refractivity contribution in [3.63, 3.8) is 0 Å². The molecular formula is C37H32O6. The van der Waals surface area contributed by atoms with Gasteiger partial charge in [-0.2, -0.15) is 0 Å². The van der Waals surface area contributed by atoms with Crippen LogP contribution >= 0.6 is 0 Å². The second-order valence-corrected chi connectivity index (χ2v) is 9.86. The van der Waals surface area contributed by atoms with Gasteiger partial charge in [0, 0.05) is 34.4 Å². The van der Waals surface area contributed by atoms with E-state index in [0.717, 1.165) is 43.8 Å². The van der Waals surface area contributed by atoms with E-state index in [1.165, 1.54) is 0 Å². The summed E-state index contributed by atoms with van der Waals surface area (Å²) in [6.07, 6.45) is 0. The first-order chi connectivity index (χ1) is 21.1. The molecular weight excluding hydrogens is 540 g/mol.